The molecule has 0 aliphatic heterocycles. The number of rotatable bonds is 5. The summed E-state index contributed by atoms with van der Waals surface area (Å²) in [6, 6.07) is 12.2. The number of nitrogens with one attached hydrogen (secondary N) is 2. The Morgan fingerprint density at radius 3 is 2.35 bits per heavy atom. The van der Waals surface area contributed by atoms with E-state index in [1.165, 1.54) is 30.5 Å². The van der Waals surface area contributed by atoms with Crippen molar-refractivity contribution >= 4 is 29.2 Å². The molecule has 0 saturated carbocycles. The van der Waals surface area contributed by atoms with Crippen LogP contribution in [0.3, 0.4) is 0 Å². The molecule has 0 bridgehead atoms. The monoisotopic (exact) mass is 370 g/mol. The lowest BCUT2D eigenvalue weighted by molar-refractivity contribution is 0.0935. The summed E-state index contributed by atoms with van der Waals surface area (Å²) < 4.78 is 20.6. The minimum absolute atomic E-state index is 0.231. The molecule has 132 valence electrons. The maximum Gasteiger partial charge on any atom is 0.273 e. The van der Waals surface area contributed by atoms with E-state index in [2.05, 4.69) is 19.4 Å². The summed E-state index contributed by atoms with van der Waals surface area (Å²) in [6.07, 6.45) is 1.42. The third-order valence-corrected chi connectivity index (χ3v) is 4.19. The van der Waals surface area contributed by atoms with Crippen LogP contribution in [0.4, 0.5) is 10.1 Å². The van der Waals surface area contributed by atoms with Crippen molar-refractivity contribution in [2.75, 3.05) is 5.32 Å². The van der Waals surface area contributed by atoms with Crippen LogP contribution in [-0.2, 0) is 0 Å². The van der Waals surface area contributed by atoms with E-state index in [0.29, 0.717) is 11.3 Å². The molecule has 0 radical (unpaired) electrons. The smallest absolute Gasteiger partial charge is 0.273 e. The minimum Gasteiger partial charge on any atom is -0.344 e. The van der Waals surface area contributed by atoms with Gasteiger partial charge in [0.2, 0.25) is 0 Å². The first-order valence-electron chi connectivity index (χ1n) is 7.78. The van der Waals surface area contributed by atoms with Crippen LogP contribution in [0.1, 0.15) is 39.4 Å². The number of nitrogens with zero attached hydrogens (tertiary/aromatic N) is 2. The van der Waals surface area contributed by atoms with E-state index in [0.717, 1.165) is 17.3 Å². The van der Waals surface area contributed by atoms with Crippen molar-refractivity contribution in [3.8, 4) is 0 Å². The number of carbonyl (C=O) groups excluding carboxylic acids is 2. The van der Waals surface area contributed by atoms with Crippen molar-refractivity contribution in [3.05, 3.63) is 77.4 Å². The maximum atomic E-state index is 12.9. The normalized spacial score (nSPS) is 11.6. The Hall–Kier alpha value is -3.13. The second-order valence-electron chi connectivity index (χ2n) is 5.57. The summed E-state index contributed by atoms with van der Waals surface area (Å²) >= 11 is 0.976. The van der Waals surface area contributed by atoms with Gasteiger partial charge in [-0.1, -0.05) is 12.1 Å². The summed E-state index contributed by atoms with van der Waals surface area (Å²) in [5, 5.41) is 5.57. The molecule has 26 heavy (non-hydrogen) atoms. The van der Waals surface area contributed by atoms with Gasteiger partial charge in [-0.3, -0.25) is 9.59 Å². The summed E-state index contributed by atoms with van der Waals surface area (Å²) in [5.41, 5.74) is 2.13. The predicted molar refractivity (Wildman–Crippen MR) is 96.6 cm³/mol. The first kappa shape index (κ1) is 17.7. The van der Waals surface area contributed by atoms with Gasteiger partial charge in [0, 0.05) is 11.3 Å². The Morgan fingerprint density at radius 2 is 1.73 bits per heavy atom. The molecule has 6 nitrogen and oxygen atoms in total. The van der Waals surface area contributed by atoms with Crippen molar-refractivity contribution in [1.29, 1.82) is 0 Å². The summed E-state index contributed by atoms with van der Waals surface area (Å²) in [6.45, 7) is 1.85. The molecule has 2 N–H and O–H groups in total. The fourth-order valence-electron chi connectivity index (χ4n) is 2.28. The van der Waals surface area contributed by atoms with E-state index in [-0.39, 0.29) is 23.6 Å². The van der Waals surface area contributed by atoms with Gasteiger partial charge in [-0.15, -0.1) is 0 Å². The zero-order valence-corrected chi connectivity index (χ0v) is 14.6. The van der Waals surface area contributed by atoms with Gasteiger partial charge in [0.25, 0.3) is 11.8 Å². The zero-order chi connectivity index (χ0) is 18.5. The first-order valence-corrected chi connectivity index (χ1v) is 8.51. The summed E-state index contributed by atoms with van der Waals surface area (Å²) in [4.78, 5) is 24.1. The molecule has 0 aliphatic carbocycles. The standard InChI is InChI=1S/C18H15FN4O2S/c1-11(21-18(25)16-10-20-26-23-16)12-4-8-15(9-5-12)22-17(24)13-2-6-14(19)7-3-13/h2-11H,1H3,(H,21,25)(H,22,24). The summed E-state index contributed by atoms with van der Waals surface area (Å²) in [7, 11) is 0. The SMILES string of the molecule is CC(NC(=O)c1cnsn1)c1ccc(NC(=O)c2ccc(F)cc2)cc1. The quantitative estimate of drug-likeness (QED) is 0.721. The number of hydrogen-bond acceptors (Lipinski definition) is 5. The molecule has 0 fully saturated rings. The lowest BCUT2D eigenvalue weighted by Gasteiger charge is -2.14. The maximum absolute atomic E-state index is 12.9. The average Bonchev–Trinajstić information content (AvgIpc) is 3.17. The molecule has 3 rings (SSSR count). The van der Waals surface area contributed by atoms with Crippen molar-refractivity contribution in [2.45, 2.75) is 13.0 Å². The molecule has 0 saturated heterocycles. The van der Waals surface area contributed by atoms with Crippen molar-refractivity contribution in [3.63, 3.8) is 0 Å². The number of anilines is 1. The Morgan fingerprint density at radius 1 is 1.04 bits per heavy atom. The van der Waals surface area contributed by atoms with Crippen LogP contribution >= 0.6 is 11.7 Å². The van der Waals surface area contributed by atoms with E-state index in [1.807, 2.05) is 19.1 Å². The van der Waals surface area contributed by atoms with Gasteiger partial charge in [-0.05, 0) is 48.9 Å². The zero-order valence-electron chi connectivity index (χ0n) is 13.8. The predicted octanol–water partition coefficient (Wildman–Crippen LogP) is 3.42. The fourth-order valence-corrected chi connectivity index (χ4v) is 2.69. The van der Waals surface area contributed by atoms with Gasteiger partial charge in [-0.25, -0.2) is 4.39 Å². The largest absolute Gasteiger partial charge is 0.344 e. The van der Waals surface area contributed by atoms with Crippen LogP contribution in [-0.4, -0.2) is 20.6 Å². The Kier molecular flexibility index (Phi) is 5.33. The van der Waals surface area contributed by atoms with Crippen molar-refractivity contribution in [1.82, 2.24) is 14.1 Å². The lowest BCUT2D eigenvalue weighted by atomic mass is 10.1. The van der Waals surface area contributed by atoms with Gasteiger partial charge in [0.05, 0.1) is 24.0 Å². The number of carbonyl (C=O) groups is 2. The van der Waals surface area contributed by atoms with Crippen molar-refractivity contribution < 1.29 is 14.0 Å². The topological polar surface area (TPSA) is 84.0 Å². The Balaban J connectivity index is 1.61. The van der Waals surface area contributed by atoms with Gasteiger partial charge in [0.15, 0.2) is 5.69 Å². The van der Waals surface area contributed by atoms with E-state index in [1.54, 1.807) is 12.1 Å². The minimum atomic E-state index is -0.393. The molecule has 0 aliphatic rings. The molecular formula is C18H15FN4O2S. The van der Waals surface area contributed by atoms with E-state index < -0.39 is 5.82 Å². The van der Waals surface area contributed by atoms with Gasteiger partial charge in [0.1, 0.15) is 5.82 Å². The highest BCUT2D eigenvalue weighted by Gasteiger charge is 2.14. The number of hydrogen-bond donors (Lipinski definition) is 2. The number of aromatic nitrogens is 2. The molecule has 2 amide bonds. The second kappa shape index (κ2) is 7.83. The second-order valence-corrected chi connectivity index (χ2v) is 6.13. The van der Waals surface area contributed by atoms with Crippen LogP contribution in [0, 0.1) is 5.82 Å². The molecule has 1 atom stereocenters. The third-order valence-electron chi connectivity index (χ3n) is 3.72. The molecule has 3 aromatic rings. The molecule has 1 unspecified atom stereocenters. The molecule has 0 spiro atoms. The van der Waals surface area contributed by atoms with E-state index in [4.69, 9.17) is 0 Å². The number of benzene rings is 2. The van der Waals surface area contributed by atoms with Crippen LogP contribution in [0.2, 0.25) is 0 Å². The highest BCUT2D eigenvalue weighted by Crippen LogP contribution is 2.17. The van der Waals surface area contributed by atoms with Crippen LogP contribution in [0.25, 0.3) is 0 Å². The molecule has 2 aromatic carbocycles. The van der Waals surface area contributed by atoms with Gasteiger partial charge in [-0.2, -0.15) is 8.75 Å². The van der Waals surface area contributed by atoms with Gasteiger partial charge < -0.3 is 10.6 Å². The summed E-state index contributed by atoms with van der Waals surface area (Å²) in [5.74, 6) is -1.01. The van der Waals surface area contributed by atoms with Crippen LogP contribution < -0.4 is 10.6 Å². The molecule has 8 heteroatoms. The number of amides is 2. The van der Waals surface area contributed by atoms with E-state index >= 15 is 0 Å². The van der Waals surface area contributed by atoms with Gasteiger partial charge >= 0.3 is 0 Å². The molecule has 1 aromatic heterocycles. The first-order chi connectivity index (χ1) is 12.5. The number of halogens is 1. The highest BCUT2D eigenvalue weighted by atomic mass is 32.1. The third kappa shape index (κ3) is 4.28. The van der Waals surface area contributed by atoms with Crippen LogP contribution in [0.5, 0.6) is 0 Å². The van der Waals surface area contributed by atoms with Crippen molar-refractivity contribution in [2.24, 2.45) is 0 Å². The average molecular weight is 370 g/mol. The van der Waals surface area contributed by atoms with Crippen LogP contribution in [0.15, 0.2) is 54.7 Å². The highest BCUT2D eigenvalue weighted by molar-refractivity contribution is 6.99. The Bertz CT molecular complexity index is 896. The van der Waals surface area contributed by atoms with E-state index in [9.17, 15) is 14.0 Å². The molecular weight excluding hydrogens is 355 g/mol. The molecule has 1 heterocycles. The fraction of sp³-hybridized carbons (Fsp3) is 0.111. The lowest BCUT2D eigenvalue weighted by Crippen LogP contribution is -2.26. The Labute approximate surface area is 153 Å².